The Labute approximate surface area is 178 Å². The molecule has 7 heteroatoms. The Morgan fingerprint density at radius 1 is 1.14 bits per heavy atom. The van der Waals surface area contributed by atoms with Crippen molar-refractivity contribution in [3.05, 3.63) is 69.6 Å². The molecule has 1 fully saturated rings. The van der Waals surface area contributed by atoms with Gasteiger partial charge in [0.2, 0.25) is 0 Å². The molecule has 1 atom stereocenters. The lowest BCUT2D eigenvalue weighted by Crippen LogP contribution is -2.33. The van der Waals surface area contributed by atoms with Gasteiger partial charge in [-0.1, -0.05) is 30.7 Å². The van der Waals surface area contributed by atoms with Crippen molar-refractivity contribution in [2.45, 2.75) is 26.4 Å². The van der Waals surface area contributed by atoms with Crippen LogP contribution in [0.5, 0.6) is 5.75 Å². The molecule has 2 aromatic rings. The van der Waals surface area contributed by atoms with E-state index < -0.39 is 11.1 Å². The summed E-state index contributed by atoms with van der Waals surface area (Å²) in [5.41, 5.74) is 1.17. The second kappa shape index (κ2) is 9.29. The Balaban J connectivity index is 1.69. The van der Waals surface area contributed by atoms with Gasteiger partial charge in [-0.2, -0.15) is 0 Å². The van der Waals surface area contributed by atoms with Crippen molar-refractivity contribution in [3.63, 3.8) is 0 Å². The molecule has 2 aromatic carbocycles. The van der Waals surface area contributed by atoms with Gasteiger partial charge in [0.1, 0.15) is 5.75 Å². The topological polar surface area (TPSA) is 63.7 Å². The number of imide groups is 1. The highest BCUT2D eigenvalue weighted by Gasteiger charge is 2.36. The Morgan fingerprint density at radius 2 is 1.79 bits per heavy atom. The van der Waals surface area contributed by atoms with Crippen LogP contribution in [0.1, 0.15) is 36.2 Å². The minimum absolute atomic E-state index is 0.121. The predicted molar refractivity (Wildman–Crippen MR) is 115 cm³/mol. The molecule has 1 saturated heterocycles. The number of carbonyl (C=O) groups excluding carboxylic acids is 3. The van der Waals surface area contributed by atoms with Gasteiger partial charge in [0.15, 0.2) is 5.78 Å². The van der Waals surface area contributed by atoms with Crippen LogP contribution in [-0.2, 0) is 4.79 Å². The number of halogens is 1. The normalized spacial score (nSPS) is 16.4. The maximum absolute atomic E-state index is 12.6. The standard InChI is InChI=1S/C22H20ClNO4S/c1-3-14(2)28-18-10-4-15(5-11-18)12-20-21(26)24(22(27)29-20)13-19(25)16-6-8-17(23)9-7-16/h4-12,14H,3,13H2,1-2H3/b20-12-/t14-/m0/s1. The summed E-state index contributed by atoms with van der Waals surface area (Å²) in [6.07, 6.45) is 2.67. The second-order valence-electron chi connectivity index (χ2n) is 6.60. The van der Waals surface area contributed by atoms with E-state index in [2.05, 4.69) is 0 Å². The van der Waals surface area contributed by atoms with E-state index in [9.17, 15) is 14.4 Å². The van der Waals surface area contributed by atoms with Gasteiger partial charge < -0.3 is 4.74 Å². The van der Waals surface area contributed by atoms with E-state index >= 15 is 0 Å². The smallest absolute Gasteiger partial charge is 0.293 e. The number of nitrogens with zero attached hydrogens (tertiary/aromatic N) is 1. The van der Waals surface area contributed by atoms with Crippen LogP contribution in [0.4, 0.5) is 4.79 Å². The SMILES string of the molecule is CC[C@H](C)Oc1ccc(/C=C2\SC(=O)N(CC(=O)c3ccc(Cl)cc3)C2=O)cc1. The molecule has 0 aliphatic carbocycles. The number of ether oxygens (including phenoxy) is 1. The molecule has 0 aromatic heterocycles. The molecule has 0 radical (unpaired) electrons. The van der Waals surface area contributed by atoms with Crippen molar-refractivity contribution in [1.29, 1.82) is 0 Å². The summed E-state index contributed by atoms with van der Waals surface area (Å²) in [6, 6.07) is 13.6. The summed E-state index contributed by atoms with van der Waals surface area (Å²) < 4.78 is 5.74. The number of hydrogen-bond acceptors (Lipinski definition) is 5. The molecule has 0 unspecified atom stereocenters. The first-order chi connectivity index (χ1) is 13.9. The van der Waals surface area contributed by atoms with Crippen LogP contribution in [0.25, 0.3) is 6.08 Å². The molecule has 0 saturated carbocycles. The van der Waals surface area contributed by atoms with Gasteiger partial charge in [0.05, 0.1) is 17.6 Å². The quantitative estimate of drug-likeness (QED) is 0.433. The number of benzene rings is 2. The number of carbonyl (C=O) groups is 3. The molecule has 1 aliphatic rings. The second-order valence-corrected chi connectivity index (χ2v) is 8.03. The van der Waals surface area contributed by atoms with Gasteiger partial charge in [-0.15, -0.1) is 0 Å². The van der Waals surface area contributed by atoms with Crippen LogP contribution >= 0.6 is 23.4 Å². The fraction of sp³-hybridized carbons (Fsp3) is 0.227. The molecule has 3 rings (SSSR count). The number of amides is 2. The van der Waals surface area contributed by atoms with Gasteiger partial charge in [-0.05, 0) is 73.1 Å². The zero-order chi connectivity index (χ0) is 21.0. The molecule has 5 nitrogen and oxygen atoms in total. The van der Waals surface area contributed by atoms with Gasteiger partial charge in [0.25, 0.3) is 11.1 Å². The third kappa shape index (κ3) is 5.28. The fourth-order valence-corrected chi connectivity index (χ4v) is 3.58. The van der Waals surface area contributed by atoms with Crippen LogP contribution in [0, 0.1) is 0 Å². The van der Waals surface area contributed by atoms with Crippen LogP contribution in [0.2, 0.25) is 5.02 Å². The molecule has 1 aliphatic heterocycles. The lowest BCUT2D eigenvalue weighted by atomic mass is 10.1. The summed E-state index contributed by atoms with van der Waals surface area (Å²) in [4.78, 5) is 38.5. The van der Waals surface area contributed by atoms with Crippen molar-refractivity contribution < 1.29 is 19.1 Å². The zero-order valence-electron chi connectivity index (χ0n) is 16.1. The van der Waals surface area contributed by atoms with E-state index in [0.717, 1.165) is 34.4 Å². The van der Waals surface area contributed by atoms with Gasteiger partial charge in [0, 0.05) is 10.6 Å². The lowest BCUT2D eigenvalue weighted by molar-refractivity contribution is -0.122. The lowest BCUT2D eigenvalue weighted by Gasteiger charge is -2.12. The van der Waals surface area contributed by atoms with E-state index in [4.69, 9.17) is 16.3 Å². The number of thioether (sulfide) groups is 1. The molecule has 0 spiro atoms. The molecule has 0 bridgehead atoms. The molecule has 150 valence electrons. The van der Waals surface area contributed by atoms with E-state index in [1.807, 2.05) is 38.1 Å². The zero-order valence-corrected chi connectivity index (χ0v) is 17.6. The minimum atomic E-state index is -0.470. The van der Waals surface area contributed by atoms with Crippen LogP contribution in [0.15, 0.2) is 53.4 Å². The number of Topliss-reactive ketones (excluding diaryl/α,β-unsaturated/α-hetero) is 1. The van der Waals surface area contributed by atoms with E-state index in [-0.39, 0.29) is 23.3 Å². The van der Waals surface area contributed by atoms with Crippen LogP contribution in [-0.4, -0.2) is 34.5 Å². The number of hydrogen-bond donors (Lipinski definition) is 0. The van der Waals surface area contributed by atoms with Crippen molar-refractivity contribution in [2.75, 3.05) is 6.54 Å². The molecule has 0 N–H and O–H groups in total. The monoisotopic (exact) mass is 429 g/mol. The molecular formula is C22H20ClNO4S. The maximum Gasteiger partial charge on any atom is 0.293 e. The van der Waals surface area contributed by atoms with Crippen LogP contribution < -0.4 is 4.74 Å². The third-order valence-corrected chi connectivity index (χ3v) is 5.59. The first kappa shape index (κ1) is 21.1. The first-order valence-electron chi connectivity index (χ1n) is 9.18. The Kier molecular flexibility index (Phi) is 6.77. The van der Waals surface area contributed by atoms with Crippen molar-refractivity contribution in [2.24, 2.45) is 0 Å². The van der Waals surface area contributed by atoms with Crippen LogP contribution in [0.3, 0.4) is 0 Å². The minimum Gasteiger partial charge on any atom is -0.491 e. The van der Waals surface area contributed by atoms with Crippen molar-refractivity contribution in [3.8, 4) is 5.75 Å². The van der Waals surface area contributed by atoms with Crippen molar-refractivity contribution in [1.82, 2.24) is 4.90 Å². The maximum atomic E-state index is 12.6. The third-order valence-electron chi connectivity index (χ3n) is 4.43. The Hall–Kier alpha value is -2.57. The Morgan fingerprint density at radius 3 is 2.41 bits per heavy atom. The summed E-state index contributed by atoms with van der Waals surface area (Å²) in [7, 11) is 0. The summed E-state index contributed by atoms with van der Waals surface area (Å²) in [6.45, 7) is 3.74. The van der Waals surface area contributed by atoms with Gasteiger partial charge in [-0.25, -0.2) is 0 Å². The molecule has 2 amide bonds. The molecule has 1 heterocycles. The average molecular weight is 430 g/mol. The molecular weight excluding hydrogens is 410 g/mol. The van der Waals surface area contributed by atoms with Crippen molar-refractivity contribution >= 4 is 46.4 Å². The first-order valence-corrected chi connectivity index (χ1v) is 10.4. The van der Waals surface area contributed by atoms with E-state index in [1.165, 1.54) is 0 Å². The largest absolute Gasteiger partial charge is 0.491 e. The number of rotatable bonds is 7. The number of ketones is 1. The summed E-state index contributed by atoms with van der Waals surface area (Å²) in [5, 5.41) is 0.0523. The fourth-order valence-electron chi connectivity index (χ4n) is 2.62. The highest BCUT2D eigenvalue weighted by Crippen LogP contribution is 2.32. The predicted octanol–water partition coefficient (Wildman–Crippen LogP) is 5.44. The summed E-state index contributed by atoms with van der Waals surface area (Å²) >= 11 is 6.65. The summed E-state index contributed by atoms with van der Waals surface area (Å²) in [5.74, 6) is -0.0443. The Bertz CT molecular complexity index is 954. The molecule has 29 heavy (non-hydrogen) atoms. The van der Waals surface area contributed by atoms with E-state index in [0.29, 0.717) is 10.6 Å². The highest BCUT2D eigenvalue weighted by molar-refractivity contribution is 8.18. The van der Waals surface area contributed by atoms with Gasteiger partial charge >= 0.3 is 0 Å². The van der Waals surface area contributed by atoms with Gasteiger partial charge in [-0.3, -0.25) is 19.3 Å². The highest BCUT2D eigenvalue weighted by atomic mass is 35.5. The van der Waals surface area contributed by atoms with E-state index in [1.54, 1.807) is 30.3 Å². The average Bonchev–Trinajstić information content (AvgIpc) is 2.97.